The number of fused-ring (bicyclic) bond motifs is 6. The standard InChI is InChI=1S/C22H18ClNO7S/c1-29-19-7-6-13-11-17(19)24-32(27,28)20-12-14(10-16(23)21(20)25)22(26)31-9-8-30-18-5-3-2-4-15(13)18/h2-7,10-12,24-25H,8-9H2,1H3. The molecule has 4 rings (SSSR count). The van der Waals surface area contributed by atoms with E-state index in [0.29, 0.717) is 16.9 Å². The molecule has 0 spiro atoms. The minimum Gasteiger partial charge on any atom is -0.505 e. The summed E-state index contributed by atoms with van der Waals surface area (Å²) in [7, 11) is -2.97. The number of rotatable bonds is 1. The molecule has 0 radical (unpaired) electrons. The zero-order valence-electron chi connectivity index (χ0n) is 16.8. The number of sulfonamides is 1. The van der Waals surface area contributed by atoms with E-state index in [1.807, 2.05) is 12.1 Å². The minimum absolute atomic E-state index is 0.0704. The summed E-state index contributed by atoms with van der Waals surface area (Å²) < 4.78 is 45.0. The third-order valence-corrected chi connectivity index (χ3v) is 6.44. The molecule has 10 heteroatoms. The first-order valence-electron chi connectivity index (χ1n) is 9.43. The number of cyclic esters (lactones) is 1. The van der Waals surface area contributed by atoms with Gasteiger partial charge in [-0.3, -0.25) is 4.72 Å². The lowest BCUT2D eigenvalue weighted by molar-refractivity contribution is 0.0450. The first-order valence-corrected chi connectivity index (χ1v) is 11.3. The second-order valence-corrected chi connectivity index (χ2v) is 8.86. The number of carbonyl (C=O) groups excluding carboxylic acids is 1. The van der Waals surface area contributed by atoms with E-state index >= 15 is 0 Å². The molecule has 3 aromatic carbocycles. The van der Waals surface area contributed by atoms with E-state index < -0.39 is 26.6 Å². The zero-order chi connectivity index (χ0) is 22.9. The van der Waals surface area contributed by atoms with Gasteiger partial charge in [-0.1, -0.05) is 35.9 Å². The molecule has 0 fully saturated rings. The number of carbonyl (C=O) groups is 1. The highest BCUT2D eigenvalue weighted by molar-refractivity contribution is 7.92. The average Bonchev–Trinajstić information content (AvgIpc) is 2.77. The number of benzene rings is 3. The van der Waals surface area contributed by atoms with Crippen LogP contribution in [0.15, 0.2) is 59.5 Å². The number of nitrogens with one attached hydrogen (secondary N) is 1. The molecule has 0 aliphatic carbocycles. The van der Waals surface area contributed by atoms with E-state index in [9.17, 15) is 18.3 Å². The number of hydrogen-bond acceptors (Lipinski definition) is 7. The molecule has 8 nitrogen and oxygen atoms in total. The lowest BCUT2D eigenvalue weighted by Crippen LogP contribution is -2.16. The van der Waals surface area contributed by atoms with Gasteiger partial charge in [0.15, 0.2) is 5.75 Å². The number of aromatic hydroxyl groups is 1. The maximum Gasteiger partial charge on any atom is 0.338 e. The highest BCUT2D eigenvalue weighted by Gasteiger charge is 2.26. The highest BCUT2D eigenvalue weighted by Crippen LogP contribution is 2.38. The van der Waals surface area contributed by atoms with Crippen LogP contribution in [0.25, 0.3) is 11.1 Å². The monoisotopic (exact) mass is 475 g/mol. The van der Waals surface area contributed by atoms with Gasteiger partial charge in [0.25, 0.3) is 10.0 Å². The van der Waals surface area contributed by atoms with Crippen LogP contribution in [-0.2, 0) is 14.8 Å². The van der Waals surface area contributed by atoms with Gasteiger partial charge in [-0.2, -0.15) is 0 Å². The molecule has 166 valence electrons. The lowest BCUT2D eigenvalue weighted by atomic mass is 10.0. The fraction of sp³-hybridized carbons (Fsp3) is 0.136. The smallest absolute Gasteiger partial charge is 0.338 e. The Morgan fingerprint density at radius 1 is 1.03 bits per heavy atom. The molecule has 0 saturated heterocycles. The second kappa shape index (κ2) is 8.60. The van der Waals surface area contributed by atoms with Gasteiger partial charge >= 0.3 is 5.97 Å². The summed E-state index contributed by atoms with van der Waals surface area (Å²) in [5.41, 5.74) is 1.34. The number of methoxy groups -OCH3 is 1. The van der Waals surface area contributed by atoms with Crippen molar-refractivity contribution in [1.82, 2.24) is 0 Å². The van der Waals surface area contributed by atoms with Crippen molar-refractivity contribution in [2.45, 2.75) is 4.90 Å². The van der Waals surface area contributed by atoms with Crippen LogP contribution in [0.1, 0.15) is 10.4 Å². The van der Waals surface area contributed by atoms with Crippen molar-refractivity contribution in [3.63, 3.8) is 0 Å². The van der Waals surface area contributed by atoms with Gasteiger partial charge < -0.3 is 19.3 Å². The van der Waals surface area contributed by atoms with E-state index in [0.717, 1.165) is 12.1 Å². The van der Waals surface area contributed by atoms with Crippen molar-refractivity contribution >= 4 is 33.3 Å². The van der Waals surface area contributed by atoms with E-state index in [1.165, 1.54) is 7.11 Å². The topological polar surface area (TPSA) is 111 Å². The van der Waals surface area contributed by atoms with Crippen LogP contribution >= 0.6 is 11.6 Å². The molecule has 0 amide bonds. The molecule has 0 unspecified atom stereocenters. The van der Waals surface area contributed by atoms with Crippen molar-refractivity contribution in [1.29, 1.82) is 0 Å². The Labute approximate surface area is 189 Å². The van der Waals surface area contributed by atoms with Gasteiger partial charge in [-0.15, -0.1) is 0 Å². The van der Waals surface area contributed by atoms with Crippen molar-refractivity contribution in [2.75, 3.05) is 25.0 Å². The predicted octanol–water partition coefficient (Wildman–Crippen LogP) is 4.07. The van der Waals surface area contributed by atoms with Crippen LogP contribution in [0.5, 0.6) is 17.2 Å². The van der Waals surface area contributed by atoms with Crippen LogP contribution in [0, 0.1) is 0 Å². The molecule has 0 aromatic heterocycles. The summed E-state index contributed by atoms with van der Waals surface area (Å²) in [6, 6.07) is 14.3. The molecule has 1 aliphatic heterocycles. The number of para-hydroxylation sites is 1. The highest BCUT2D eigenvalue weighted by atomic mass is 35.5. The first-order chi connectivity index (χ1) is 15.3. The molecular formula is C22H18ClNO7S. The molecule has 0 saturated carbocycles. The summed E-state index contributed by atoms with van der Waals surface area (Å²) >= 11 is 5.99. The van der Waals surface area contributed by atoms with E-state index in [-0.39, 0.29) is 35.2 Å². The van der Waals surface area contributed by atoms with Crippen LogP contribution in [0.2, 0.25) is 5.02 Å². The van der Waals surface area contributed by atoms with Gasteiger partial charge in [0.1, 0.15) is 29.6 Å². The molecule has 0 atom stereocenters. The summed E-state index contributed by atoms with van der Waals surface area (Å²) in [4.78, 5) is 11.9. The molecule has 4 bridgehead atoms. The molecule has 1 aliphatic rings. The fourth-order valence-electron chi connectivity index (χ4n) is 3.25. The van der Waals surface area contributed by atoms with E-state index in [4.69, 9.17) is 25.8 Å². The summed E-state index contributed by atoms with van der Waals surface area (Å²) in [5.74, 6) is -0.725. The Bertz CT molecular complexity index is 1310. The summed E-state index contributed by atoms with van der Waals surface area (Å²) in [6.07, 6.45) is 0. The fourth-order valence-corrected chi connectivity index (χ4v) is 4.73. The second-order valence-electron chi connectivity index (χ2n) is 6.81. The molecule has 3 aromatic rings. The van der Waals surface area contributed by atoms with Crippen molar-refractivity contribution in [3.8, 4) is 28.4 Å². The third kappa shape index (κ3) is 4.17. The Hall–Kier alpha value is -3.43. The number of ether oxygens (including phenoxy) is 3. The number of esters is 1. The maximum atomic E-state index is 13.1. The molecule has 2 N–H and O–H groups in total. The van der Waals surface area contributed by atoms with Crippen LogP contribution in [0.4, 0.5) is 5.69 Å². The van der Waals surface area contributed by atoms with Gasteiger partial charge in [0, 0.05) is 5.56 Å². The molecule has 32 heavy (non-hydrogen) atoms. The maximum absolute atomic E-state index is 13.1. The van der Waals surface area contributed by atoms with Crippen molar-refractivity contribution < 1.29 is 32.5 Å². The van der Waals surface area contributed by atoms with Gasteiger partial charge in [-0.25, -0.2) is 13.2 Å². The Kier molecular flexibility index (Phi) is 5.86. The quantitative estimate of drug-likeness (QED) is 0.510. The van der Waals surface area contributed by atoms with Crippen LogP contribution < -0.4 is 14.2 Å². The Morgan fingerprint density at radius 2 is 1.78 bits per heavy atom. The zero-order valence-corrected chi connectivity index (χ0v) is 18.4. The Balaban J connectivity index is 1.92. The van der Waals surface area contributed by atoms with Gasteiger partial charge in [0.2, 0.25) is 0 Å². The van der Waals surface area contributed by atoms with Crippen LogP contribution in [0.3, 0.4) is 0 Å². The Morgan fingerprint density at radius 3 is 2.56 bits per heavy atom. The normalized spacial score (nSPS) is 15.1. The predicted molar refractivity (Wildman–Crippen MR) is 118 cm³/mol. The number of anilines is 1. The first kappa shape index (κ1) is 21.8. The van der Waals surface area contributed by atoms with E-state index in [2.05, 4.69) is 4.72 Å². The van der Waals surface area contributed by atoms with Crippen molar-refractivity contribution in [2.24, 2.45) is 0 Å². The minimum atomic E-state index is -4.37. The third-order valence-electron chi connectivity index (χ3n) is 4.77. The van der Waals surface area contributed by atoms with Crippen molar-refractivity contribution in [3.05, 3.63) is 65.2 Å². The van der Waals surface area contributed by atoms with Gasteiger partial charge in [0.05, 0.1) is 23.4 Å². The largest absolute Gasteiger partial charge is 0.505 e. The molecular weight excluding hydrogens is 458 g/mol. The summed E-state index contributed by atoms with van der Waals surface area (Å²) in [5, 5.41) is 9.99. The number of halogens is 1. The SMILES string of the molecule is COc1ccc2cc1NS(=O)(=O)c1cc(cc(Cl)c1O)C(=O)OCCOc1ccccc1-2. The van der Waals surface area contributed by atoms with E-state index in [1.54, 1.807) is 30.3 Å². The van der Waals surface area contributed by atoms with Crippen LogP contribution in [-0.4, -0.2) is 39.8 Å². The number of phenolic OH excluding ortho intramolecular Hbond substituents is 1. The molecule has 1 heterocycles. The number of phenols is 1. The number of hydrogen-bond donors (Lipinski definition) is 2. The average molecular weight is 476 g/mol. The summed E-state index contributed by atoms with van der Waals surface area (Å²) in [6.45, 7) is -0.0131. The lowest BCUT2D eigenvalue weighted by Gasteiger charge is -2.16. The van der Waals surface area contributed by atoms with Gasteiger partial charge in [-0.05, 0) is 35.9 Å².